The number of carbonyl (C=O) groups excluding carboxylic acids is 1. The molecule has 0 spiro atoms. The number of hydrogen-bond donors (Lipinski definition) is 2. The number of aliphatic hydroxyl groups excluding tert-OH is 1. The van der Waals surface area contributed by atoms with E-state index in [1.807, 2.05) is 0 Å². The maximum absolute atomic E-state index is 12.1. The van der Waals surface area contributed by atoms with Crippen molar-refractivity contribution in [1.29, 1.82) is 0 Å². The van der Waals surface area contributed by atoms with E-state index in [-0.39, 0.29) is 32.2 Å². The Bertz CT molecular complexity index is 522. The maximum atomic E-state index is 12.1. The first-order chi connectivity index (χ1) is 14.9. The minimum atomic E-state index is -4.14. The summed E-state index contributed by atoms with van der Waals surface area (Å²) in [5.41, 5.74) is 0. The van der Waals surface area contributed by atoms with Crippen LogP contribution in [0.4, 0.5) is 0 Å². The average molecular weight is 465 g/mol. The number of aliphatic hydroxyl groups is 1. The molecule has 0 aliphatic heterocycles. The van der Waals surface area contributed by atoms with Crippen LogP contribution in [0.2, 0.25) is 0 Å². The van der Waals surface area contributed by atoms with Gasteiger partial charge in [0.1, 0.15) is 0 Å². The zero-order valence-electron chi connectivity index (χ0n) is 19.9. The maximum Gasteiger partial charge on any atom is 0.472 e. The Balaban J connectivity index is 4.22. The summed E-state index contributed by atoms with van der Waals surface area (Å²) in [7, 11) is -4.14. The first-order valence-electron chi connectivity index (χ1n) is 12.0. The van der Waals surface area contributed by atoms with Gasteiger partial charge in [0.15, 0.2) is 5.76 Å². The largest absolute Gasteiger partial charge is 0.502 e. The summed E-state index contributed by atoms with van der Waals surface area (Å²) < 4.78 is 27.2. The third-order valence-corrected chi connectivity index (χ3v) is 6.15. The molecule has 184 valence electrons. The Morgan fingerprint density at radius 1 is 0.871 bits per heavy atom. The molecule has 8 heteroatoms. The number of carbonyl (C=O) groups is 1. The van der Waals surface area contributed by atoms with Gasteiger partial charge in [-0.1, -0.05) is 78.1 Å². The lowest BCUT2D eigenvalue weighted by Crippen LogP contribution is -2.12. The molecule has 0 amide bonds. The molecule has 0 saturated carbocycles. The second-order valence-electron chi connectivity index (χ2n) is 8.03. The van der Waals surface area contributed by atoms with Crippen molar-refractivity contribution in [3.63, 3.8) is 0 Å². The van der Waals surface area contributed by atoms with E-state index in [2.05, 4.69) is 13.8 Å². The number of ether oxygens (including phenoxy) is 1. The van der Waals surface area contributed by atoms with Crippen LogP contribution in [0.25, 0.3) is 0 Å². The Labute approximate surface area is 189 Å². The monoisotopic (exact) mass is 464 g/mol. The minimum absolute atomic E-state index is 0.0190. The molecular formula is C23H45O7P. The van der Waals surface area contributed by atoms with E-state index in [1.165, 1.54) is 64.4 Å². The summed E-state index contributed by atoms with van der Waals surface area (Å²) in [4.78, 5) is 21.2. The van der Waals surface area contributed by atoms with Crippen LogP contribution in [0.3, 0.4) is 0 Å². The van der Waals surface area contributed by atoms with Crippen molar-refractivity contribution in [2.24, 2.45) is 5.92 Å². The first kappa shape index (κ1) is 30.1. The van der Waals surface area contributed by atoms with Gasteiger partial charge in [-0.3, -0.25) is 9.05 Å². The minimum Gasteiger partial charge on any atom is -0.502 e. The number of rotatable bonds is 21. The van der Waals surface area contributed by atoms with Crippen molar-refractivity contribution in [3.8, 4) is 0 Å². The molecule has 2 atom stereocenters. The number of unbranched alkanes of at least 4 members (excludes halogenated alkanes) is 8. The molecule has 7 nitrogen and oxygen atoms in total. The number of phosphoric acid groups is 1. The van der Waals surface area contributed by atoms with Crippen molar-refractivity contribution >= 4 is 13.8 Å². The fourth-order valence-corrected chi connectivity index (χ4v) is 4.05. The first-order valence-corrected chi connectivity index (χ1v) is 13.5. The van der Waals surface area contributed by atoms with Crippen molar-refractivity contribution in [3.05, 3.63) is 11.8 Å². The van der Waals surface area contributed by atoms with E-state index in [1.54, 1.807) is 0 Å². The Kier molecular flexibility index (Phi) is 19.2. The topological polar surface area (TPSA) is 102 Å². The summed E-state index contributed by atoms with van der Waals surface area (Å²) in [6.07, 6.45) is 15.5. The van der Waals surface area contributed by atoms with E-state index in [0.29, 0.717) is 0 Å². The number of phosphoric ester groups is 1. The molecule has 0 saturated heterocycles. The van der Waals surface area contributed by atoms with Gasteiger partial charge in [-0.05, 0) is 31.8 Å². The lowest BCUT2D eigenvalue weighted by molar-refractivity contribution is -0.142. The molecule has 0 fully saturated rings. The molecule has 0 aliphatic rings. The molecule has 0 aromatic carbocycles. The summed E-state index contributed by atoms with van der Waals surface area (Å²) >= 11 is 0. The Morgan fingerprint density at radius 2 is 1.42 bits per heavy atom. The fraction of sp³-hybridized carbons (Fsp3) is 0.870. The van der Waals surface area contributed by atoms with Gasteiger partial charge in [-0.15, -0.1) is 0 Å². The number of esters is 1. The van der Waals surface area contributed by atoms with Gasteiger partial charge in [0.25, 0.3) is 0 Å². The molecule has 0 aromatic heterocycles. The number of hydrogen-bond acceptors (Lipinski definition) is 6. The normalized spacial score (nSPS) is 14.9. The fourth-order valence-electron chi connectivity index (χ4n) is 3.22. The van der Waals surface area contributed by atoms with Crippen molar-refractivity contribution in [1.82, 2.24) is 0 Å². The van der Waals surface area contributed by atoms with E-state index < -0.39 is 19.6 Å². The van der Waals surface area contributed by atoms with E-state index in [0.717, 1.165) is 25.7 Å². The van der Waals surface area contributed by atoms with E-state index in [9.17, 15) is 19.4 Å². The van der Waals surface area contributed by atoms with Gasteiger partial charge in [-0.2, -0.15) is 0 Å². The van der Waals surface area contributed by atoms with Crippen LogP contribution in [-0.2, 0) is 23.1 Å². The molecule has 31 heavy (non-hydrogen) atoms. The summed E-state index contributed by atoms with van der Waals surface area (Å²) in [5, 5.41) is 9.19. The molecule has 0 bridgehead atoms. The standard InChI is InChI=1S/C23H45O7P/c1-4-7-9-11-12-14-17-21(16-13-10-8-5-2)20-30-31(26,27)29-19-15-18-28-23(25)22(24)6-3/h6,21,24H,4-5,7-20H2,1-3H3,(H,26,27). The summed E-state index contributed by atoms with van der Waals surface area (Å²) in [5.74, 6) is -1.03. The lowest BCUT2D eigenvalue weighted by atomic mass is 9.95. The smallest absolute Gasteiger partial charge is 0.472 e. The molecule has 0 rings (SSSR count). The van der Waals surface area contributed by atoms with Gasteiger partial charge in [-0.25, -0.2) is 9.36 Å². The van der Waals surface area contributed by atoms with Gasteiger partial charge in [0, 0.05) is 6.42 Å². The molecular weight excluding hydrogens is 419 g/mol. The highest BCUT2D eigenvalue weighted by atomic mass is 31.2. The van der Waals surface area contributed by atoms with Crippen LogP contribution in [0.1, 0.15) is 104 Å². The van der Waals surface area contributed by atoms with Gasteiger partial charge >= 0.3 is 13.8 Å². The second-order valence-corrected chi connectivity index (χ2v) is 9.49. The highest BCUT2D eigenvalue weighted by molar-refractivity contribution is 7.47. The molecule has 0 heterocycles. The second kappa shape index (κ2) is 19.8. The Morgan fingerprint density at radius 3 is 2.00 bits per heavy atom. The van der Waals surface area contributed by atoms with Crippen LogP contribution in [0, 0.1) is 5.92 Å². The van der Waals surface area contributed by atoms with E-state index >= 15 is 0 Å². The van der Waals surface area contributed by atoms with E-state index in [4.69, 9.17) is 13.8 Å². The number of allylic oxidation sites excluding steroid dienone is 1. The lowest BCUT2D eigenvalue weighted by Gasteiger charge is -2.19. The predicted molar refractivity (Wildman–Crippen MR) is 124 cm³/mol. The molecule has 0 aromatic rings. The molecule has 2 N–H and O–H groups in total. The van der Waals surface area contributed by atoms with Crippen molar-refractivity contribution < 1.29 is 33.1 Å². The highest BCUT2D eigenvalue weighted by Crippen LogP contribution is 2.44. The SMILES string of the molecule is CC=C(O)C(=O)OCCCOP(=O)(O)OCC(CCCCCC)CCCCCCCC. The van der Waals surface area contributed by atoms with Crippen molar-refractivity contribution in [2.45, 2.75) is 104 Å². The van der Waals surface area contributed by atoms with Gasteiger partial charge < -0.3 is 14.7 Å². The van der Waals surface area contributed by atoms with Crippen LogP contribution in [-0.4, -0.2) is 35.8 Å². The third-order valence-electron chi connectivity index (χ3n) is 5.16. The predicted octanol–water partition coefficient (Wildman–Crippen LogP) is 6.85. The Hall–Kier alpha value is -0.880. The molecule has 2 unspecified atom stereocenters. The van der Waals surface area contributed by atoms with Crippen LogP contribution < -0.4 is 0 Å². The van der Waals surface area contributed by atoms with Crippen LogP contribution in [0.15, 0.2) is 11.8 Å². The third kappa shape index (κ3) is 18.4. The summed E-state index contributed by atoms with van der Waals surface area (Å²) in [6.45, 7) is 6.03. The van der Waals surface area contributed by atoms with Crippen LogP contribution >= 0.6 is 7.82 Å². The van der Waals surface area contributed by atoms with Crippen molar-refractivity contribution in [2.75, 3.05) is 19.8 Å². The average Bonchev–Trinajstić information content (AvgIpc) is 2.75. The highest BCUT2D eigenvalue weighted by Gasteiger charge is 2.23. The quantitative estimate of drug-likeness (QED) is 0.0629. The summed E-state index contributed by atoms with van der Waals surface area (Å²) in [6, 6.07) is 0. The zero-order chi connectivity index (χ0) is 23.4. The zero-order valence-corrected chi connectivity index (χ0v) is 20.7. The molecule has 0 aliphatic carbocycles. The van der Waals surface area contributed by atoms with Crippen LogP contribution in [0.5, 0.6) is 0 Å². The molecule has 0 radical (unpaired) electrons. The van der Waals surface area contributed by atoms with Gasteiger partial charge in [0.05, 0.1) is 19.8 Å². The van der Waals surface area contributed by atoms with Gasteiger partial charge in [0.2, 0.25) is 0 Å².